The van der Waals surface area contributed by atoms with Crippen LogP contribution >= 0.6 is 22.6 Å². The highest BCUT2D eigenvalue weighted by molar-refractivity contribution is 14.1. The lowest BCUT2D eigenvalue weighted by Gasteiger charge is -1.98. The van der Waals surface area contributed by atoms with Gasteiger partial charge in [0.15, 0.2) is 0 Å². The fraction of sp³-hybridized carbons (Fsp3) is 0. The number of aromatic nitrogens is 1. The number of aliphatic carboxylic acids is 1. The second kappa shape index (κ2) is 5.44. The number of halogens is 1. The summed E-state index contributed by atoms with van der Waals surface area (Å²) >= 11 is 1.82. The number of aliphatic imine (C=N–C) groups is 1. The first-order valence-corrected chi connectivity index (χ1v) is 5.03. The topological polar surface area (TPSA) is 88.6 Å². The van der Waals surface area contributed by atoms with Crippen molar-refractivity contribution in [3.05, 3.63) is 36.3 Å². The maximum absolute atomic E-state index is 10.7. The third-order valence-electron chi connectivity index (χ3n) is 1.49. The van der Waals surface area contributed by atoms with E-state index < -0.39 is 5.97 Å². The number of hydrogen-bond acceptors (Lipinski definition) is 4. The molecule has 0 bridgehead atoms. The highest BCUT2D eigenvalue weighted by Crippen LogP contribution is 2.14. The van der Waals surface area contributed by atoms with Gasteiger partial charge < -0.3 is 10.8 Å². The summed E-state index contributed by atoms with van der Waals surface area (Å²) in [4.78, 5) is 18.6. The third kappa shape index (κ3) is 3.31. The molecule has 0 spiro atoms. The lowest BCUT2D eigenvalue weighted by atomic mass is 10.3. The van der Waals surface area contributed by atoms with E-state index in [0.717, 1.165) is 6.20 Å². The predicted molar refractivity (Wildman–Crippen MR) is 65.3 cm³/mol. The van der Waals surface area contributed by atoms with Crippen LogP contribution in [0.3, 0.4) is 0 Å². The minimum atomic E-state index is -1.10. The molecule has 3 N–H and O–H groups in total. The molecule has 1 aromatic rings. The molecule has 78 valence electrons. The normalized spacial score (nSPS) is 12.6. The van der Waals surface area contributed by atoms with Crippen LogP contribution in [0.4, 0.5) is 5.69 Å². The Morgan fingerprint density at radius 1 is 1.67 bits per heavy atom. The van der Waals surface area contributed by atoms with Crippen LogP contribution in [0.2, 0.25) is 0 Å². The van der Waals surface area contributed by atoms with Crippen LogP contribution in [-0.2, 0) is 4.79 Å². The predicted octanol–water partition coefficient (Wildman–Crippen LogP) is 1.47. The van der Waals surface area contributed by atoms with E-state index in [1.165, 1.54) is 6.20 Å². The molecule has 0 aliphatic heterocycles. The molecule has 0 aliphatic rings. The first kappa shape index (κ1) is 11.6. The Balaban J connectivity index is 2.99. The standard InChI is InChI=1S/C9H8IN3O2/c10-8(7(4-11)9(14)15)13-6-2-1-3-12-5-6/h1-5H,11H2,(H,14,15). The summed E-state index contributed by atoms with van der Waals surface area (Å²) in [7, 11) is 0. The van der Waals surface area contributed by atoms with Crippen molar-refractivity contribution in [3.63, 3.8) is 0 Å². The zero-order valence-electron chi connectivity index (χ0n) is 7.59. The number of pyridine rings is 1. The molecule has 0 radical (unpaired) electrons. The van der Waals surface area contributed by atoms with Crippen molar-refractivity contribution in [2.75, 3.05) is 0 Å². The van der Waals surface area contributed by atoms with E-state index in [-0.39, 0.29) is 5.57 Å². The van der Waals surface area contributed by atoms with Gasteiger partial charge in [-0.2, -0.15) is 0 Å². The largest absolute Gasteiger partial charge is 0.478 e. The molecule has 1 heterocycles. The van der Waals surface area contributed by atoms with E-state index in [1.807, 2.05) is 22.6 Å². The van der Waals surface area contributed by atoms with Crippen LogP contribution in [0.15, 0.2) is 41.3 Å². The van der Waals surface area contributed by atoms with Crippen LogP contribution in [0.1, 0.15) is 0 Å². The average Bonchev–Trinajstić information content (AvgIpc) is 2.19. The molecule has 0 saturated carbocycles. The van der Waals surface area contributed by atoms with Crippen LogP contribution in [-0.4, -0.2) is 19.8 Å². The fourth-order valence-corrected chi connectivity index (χ4v) is 1.51. The highest BCUT2D eigenvalue weighted by Gasteiger charge is 2.11. The van der Waals surface area contributed by atoms with E-state index >= 15 is 0 Å². The van der Waals surface area contributed by atoms with Gasteiger partial charge in [0.25, 0.3) is 0 Å². The van der Waals surface area contributed by atoms with Gasteiger partial charge in [0.05, 0.1) is 11.9 Å². The Bertz CT molecular complexity index is 415. The maximum atomic E-state index is 10.7. The van der Waals surface area contributed by atoms with Gasteiger partial charge in [-0.1, -0.05) is 0 Å². The summed E-state index contributed by atoms with van der Waals surface area (Å²) in [6.45, 7) is 0. The molecule has 0 unspecified atom stereocenters. The summed E-state index contributed by atoms with van der Waals surface area (Å²) in [6, 6.07) is 3.44. The molecule has 0 fully saturated rings. The van der Waals surface area contributed by atoms with Crippen molar-refractivity contribution in [2.24, 2.45) is 10.7 Å². The number of rotatable bonds is 3. The van der Waals surface area contributed by atoms with E-state index in [9.17, 15) is 4.79 Å². The van der Waals surface area contributed by atoms with E-state index in [0.29, 0.717) is 9.41 Å². The number of carboxylic acid groups (broad SMARTS) is 1. The first-order chi connectivity index (χ1) is 7.15. The van der Waals surface area contributed by atoms with Crippen molar-refractivity contribution >= 4 is 38.0 Å². The number of nitrogens with two attached hydrogens (primary N) is 1. The zero-order valence-corrected chi connectivity index (χ0v) is 9.75. The van der Waals surface area contributed by atoms with Crippen LogP contribution in [0.25, 0.3) is 0 Å². The Morgan fingerprint density at radius 2 is 2.40 bits per heavy atom. The van der Waals surface area contributed by atoms with E-state index in [4.69, 9.17) is 10.8 Å². The molecule has 5 nitrogen and oxygen atoms in total. The SMILES string of the molecule is NC=C(C(=O)O)C(I)=Nc1cccnc1. The van der Waals surface area contributed by atoms with Gasteiger partial charge >= 0.3 is 5.97 Å². The van der Waals surface area contributed by atoms with Crippen molar-refractivity contribution < 1.29 is 9.90 Å². The second-order valence-electron chi connectivity index (χ2n) is 2.50. The third-order valence-corrected chi connectivity index (χ3v) is 2.31. The van der Waals surface area contributed by atoms with Gasteiger partial charge in [-0.3, -0.25) is 4.98 Å². The summed E-state index contributed by atoms with van der Waals surface area (Å²) in [5.74, 6) is -1.10. The number of carboxylic acids is 1. The molecule has 0 atom stereocenters. The van der Waals surface area contributed by atoms with Gasteiger partial charge in [-0.05, 0) is 34.7 Å². The molecule has 0 amide bonds. The zero-order chi connectivity index (χ0) is 11.3. The molecule has 6 heteroatoms. The van der Waals surface area contributed by atoms with E-state index in [2.05, 4.69) is 9.98 Å². The molecule has 1 rings (SSSR count). The van der Waals surface area contributed by atoms with Gasteiger partial charge in [-0.25, -0.2) is 9.79 Å². The second-order valence-corrected chi connectivity index (χ2v) is 3.52. The van der Waals surface area contributed by atoms with Crippen LogP contribution in [0, 0.1) is 0 Å². The number of nitrogens with zero attached hydrogens (tertiary/aromatic N) is 2. The summed E-state index contributed by atoms with van der Waals surface area (Å²) in [5, 5.41) is 8.77. The van der Waals surface area contributed by atoms with Crippen LogP contribution < -0.4 is 5.73 Å². The quantitative estimate of drug-likeness (QED) is 0.502. The van der Waals surface area contributed by atoms with E-state index in [1.54, 1.807) is 18.3 Å². The number of hydrogen-bond donors (Lipinski definition) is 2. The molecular formula is C9H8IN3O2. The smallest absolute Gasteiger partial charge is 0.339 e. The van der Waals surface area contributed by atoms with Gasteiger partial charge in [0.2, 0.25) is 0 Å². The highest BCUT2D eigenvalue weighted by atomic mass is 127. The molecular weight excluding hydrogens is 309 g/mol. The molecule has 0 saturated heterocycles. The maximum Gasteiger partial charge on any atom is 0.339 e. The Morgan fingerprint density at radius 3 is 2.87 bits per heavy atom. The molecule has 0 aromatic carbocycles. The molecule has 1 aromatic heterocycles. The lowest BCUT2D eigenvalue weighted by Crippen LogP contribution is -2.08. The van der Waals surface area contributed by atoms with Gasteiger partial charge in [0, 0.05) is 12.4 Å². The number of carbonyl (C=O) groups is 1. The van der Waals surface area contributed by atoms with Gasteiger partial charge in [0.1, 0.15) is 9.29 Å². The minimum absolute atomic E-state index is 0.0283. The monoisotopic (exact) mass is 317 g/mol. The summed E-state index contributed by atoms with van der Waals surface area (Å²) in [5.41, 5.74) is 5.74. The first-order valence-electron chi connectivity index (χ1n) is 3.95. The van der Waals surface area contributed by atoms with Gasteiger partial charge in [-0.15, -0.1) is 0 Å². The van der Waals surface area contributed by atoms with Crippen LogP contribution in [0.5, 0.6) is 0 Å². The fourth-order valence-electron chi connectivity index (χ4n) is 0.822. The van der Waals surface area contributed by atoms with Crippen molar-refractivity contribution in [1.82, 2.24) is 4.98 Å². The Kier molecular flexibility index (Phi) is 4.22. The van der Waals surface area contributed by atoms with Crippen molar-refractivity contribution in [3.8, 4) is 0 Å². The van der Waals surface area contributed by atoms with Crippen molar-refractivity contribution in [1.29, 1.82) is 0 Å². The Labute approximate surface area is 99.9 Å². The average molecular weight is 317 g/mol. The molecule has 15 heavy (non-hydrogen) atoms. The van der Waals surface area contributed by atoms with Crippen molar-refractivity contribution in [2.45, 2.75) is 0 Å². The minimum Gasteiger partial charge on any atom is -0.478 e. The summed E-state index contributed by atoms with van der Waals surface area (Å²) < 4.78 is 0.315. The summed E-state index contributed by atoms with van der Waals surface area (Å²) in [6.07, 6.45) is 4.17. The lowest BCUT2D eigenvalue weighted by molar-refractivity contribution is -0.132. The Hall–Kier alpha value is -1.44. The molecule has 0 aliphatic carbocycles.